The largest absolute Gasteiger partial charge is 0.418 e. The fraction of sp³-hybridized carbons (Fsp3) is 0.773. The molecule has 2 N–H and O–H groups in total. The summed E-state index contributed by atoms with van der Waals surface area (Å²) in [5, 5.41) is 10.6. The van der Waals surface area contributed by atoms with E-state index in [0.29, 0.717) is 25.3 Å². The van der Waals surface area contributed by atoms with Crippen LogP contribution in [0.1, 0.15) is 77.9 Å². The van der Waals surface area contributed by atoms with E-state index in [9.17, 15) is 22.8 Å². The molecule has 3 atom stereocenters. The topological polar surface area (TPSA) is 152 Å². The number of carbonyl (C=O) groups is 3. The van der Waals surface area contributed by atoms with E-state index in [0.717, 1.165) is 6.26 Å². The third-order valence-corrected chi connectivity index (χ3v) is 6.32. The Kier molecular flexibility index (Phi) is 8.62. The van der Waals surface area contributed by atoms with Gasteiger partial charge in [0, 0.05) is 12.0 Å². The van der Waals surface area contributed by atoms with Gasteiger partial charge in [0.15, 0.2) is 0 Å². The highest BCUT2D eigenvalue weighted by Crippen LogP contribution is 2.23. The van der Waals surface area contributed by atoms with E-state index in [1.807, 2.05) is 20.8 Å². The van der Waals surface area contributed by atoms with Crippen LogP contribution in [0.3, 0.4) is 0 Å². The van der Waals surface area contributed by atoms with Crippen molar-refractivity contribution in [2.24, 2.45) is 11.8 Å². The third-order valence-electron chi connectivity index (χ3n) is 5.64. The zero-order chi connectivity index (χ0) is 26.0. The highest BCUT2D eigenvalue weighted by Gasteiger charge is 2.41. The lowest BCUT2D eigenvalue weighted by atomic mass is 9.97. The summed E-state index contributed by atoms with van der Waals surface area (Å²) in [6.07, 6.45) is 1.99. The maximum Gasteiger partial charge on any atom is 0.286 e. The Morgan fingerprint density at radius 3 is 2.12 bits per heavy atom. The van der Waals surface area contributed by atoms with E-state index >= 15 is 0 Å². The number of sulfonamides is 1. The van der Waals surface area contributed by atoms with Gasteiger partial charge in [-0.05, 0) is 24.7 Å². The molecule has 1 fully saturated rings. The molecule has 1 aromatic heterocycles. The van der Waals surface area contributed by atoms with Gasteiger partial charge in [0.25, 0.3) is 5.89 Å². The van der Waals surface area contributed by atoms with Crippen LogP contribution in [0, 0.1) is 11.8 Å². The van der Waals surface area contributed by atoms with Gasteiger partial charge in [0.05, 0.1) is 12.3 Å². The predicted octanol–water partition coefficient (Wildman–Crippen LogP) is 1.26. The summed E-state index contributed by atoms with van der Waals surface area (Å²) < 4.78 is 31.4. The number of hydrogen-bond donors (Lipinski definition) is 2. The summed E-state index contributed by atoms with van der Waals surface area (Å²) in [5.74, 6) is -1.89. The lowest BCUT2D eigenvalue weighted by molar-refractivity contribution is -0.140. The molecule has 0 radical (unpaired) electrons. The number of nitrogens with zero attached hydrogens (tertiary/aromatic N) is 3. The van der Waals surface area contributed by atoms with Gasteiger partial charge >= 0.3 is 0 Å². The quantitative estimate of drug-likeness (QED) is 0.482. The monoisotopic (exact) mass is 499 g/mol. The summed E-state index contributed by atoms with van der Waals surface area (Å²) >= 11 is 0. The minimum Gasteiger partial charge on any atom is -0.418 e. The molecule has 11 nitrogen and oxygen atoms in total. The maximum atomic E-state index is 13.2. The average Bonchev–Trinajstić information content (AvgIpc) is 3.37. The van der Waals surface area contributed by atoms with Crippen molar-refractivity contribution in [3.05, 3.63) is 11.8 Å². The Morgan fingerprint density at radius 1 is 1.06 bits per heavy atom. The molecular formula is C22H37N5O6S. The molecule has 1 aromatic rings. The molecule has 192 valence electrons. The lowest BCUT2D eigenvalue weighted by Crippen LogP contribution is -2.57. The second kappa shape index (κ2) is 10.5. The van der Waals surface area contributed by atoms with Crippen molar-refractivity contribution in [1.29, 1.82) is 0 Å². The van der Waals surface area contributed by atoms with Crippen molar-refractivity contribution < 1.29 is 27.2 Å². The van der Waals surface area contributed by atoms with E-state index in [-0.39, 0.29) is 17.7 Å². The van der Waals surface area contributed by atoms with E-state index < -0.39 is 51.2 Å². The summed E-state index contributed by atoms with van der Waals surface area (Å²) in [5.41, 5.74) is -0.431. The lowest BCUT2D eigenvalue weighted by Gasteiger charge is -2.31. The molecule has 1 saturated heterocycles. The van der Waals surface area contributed by atoms with Crippen LogP contribution < -0.4 is 10.0 Å². The van der Waals surface area contributed by atoms with Crippen LogP contribution in [-0.2, 0) is 25.0 Å². The first-order valence-electron chi connectivity index (χ1n) is 11.5. The number of ketones is 1. The molecule has 0 spiro atoms. The van der Waals surface area contributed by atoms with Crippen LogP contribution in [0.4, 0.5) is 0 Å². The first-order chi connectivity index (χ1) is 15.5. The number of carbonyl (C=O) groups excluding carboxylic acids is 3. The minimum atomic E-state index is -3.63. The van der Waals surface area contributed by atoms with E-state index in [1.165, 1.54) is 4.90 Å². The number of nitrogens with one attached hydrogen (secondary N) is 2. The van der Waals surface area contributed by atoms with Crippen LogP contribution in [0.5, 0.6) is 0 Å². The molecular weight excluding hydrogens is 462 g/mol. The van der Waals surface area contributed by atoms with Crippen molar-refractivity contribution in [2.75, 3.05) is 12.8 Å². The van der Waals surface area contributed by atoms with Crippen LogP contribution in [0.15, 0.2) is 4.42 Å². The fourth-order valence-electron chi connectivity index (χ4n) is 3.73. The Morgan fingerprint density at radius 2 is 1.65 bits per heavy atom. The van der Waals surface area contributed by atoms with Gasteiger partial charge in [-0.2, -0.15) is 0 Å². The SMILES string of the molecule is CC(C)[C@H](NC(=O)[C@@H]1CCCN1C(=O)[C@@H](NS(C)(=O)=O)C(C)C)C(=O)c1nnc(C(C)(C)C)o1. The molecule has 12 heteroatoms. The van der Waals surface area contributed by atoms with Crippen molar-refractivity contribution in [1.82, 2.24) is 25.1 Å². The van der Waals surface area contributed by atoms with Crippen LogP contribution in [0.2, 0.25) is 0 Å². The van der Waals surface area contributed by atoms with Crippen molar-refractivity contribution in [3.8, 4) is 0 Å². The molecule has 2 heterocycles. The molecule has 0 bridgehead atoms. The third kappa shape index (κ3) is 6.84. The average molecular weight is 500 g/mol. The summed E-state index contributed by atoms with van der Waals surface area (Å²) in [4.78, 5) is 40.8. The Labute approximate surface area is 201 Å². The Hall–Kier alpha value is -2.34. The zero-order valence-corrected chi connectivity index (χ0v) is 22.0. The highest BCUT2D eigenvalue weighted by atomic mass is 32.2. The number of Topliss-reactive ketones (excluding diaryl/α,β-unsaturated/α-hetero) is 1. The second-order valence-electron chi connectivity index (χ2n) is 10.6. The molecule has 0 aliphatic carbocycles. The van der Waals surface area contributed by atoms with Crippen LogP contribution in [0.25, 0.3) is 0 Å². The van der Waals surface area contributed by atoms with Gasteiger partial charge in [-0.25, -0.2) is 13.1 Å². The Balaban J connectivity index is 2.21. The van der Waals surface area contributed by atoms with Gasteiger partial charge in [-0.3, -0.25) is 14.4 Å². The molecule has 1 aliphatic heterocycles. The van der Waals surface area contributed by atoms with Crippen molar-refractivity contribution in [2.45, 2.75) is 84.8 Å². The molecule has 34 heavy (non-hydrogen) atoms. The van der Waals surface area contributed by atoms with Gasteiger partial charge in [-0.15, -0.1) is 10.2 Å². The number of aromatic nitrogens is 2. The first kappa shape index (κ1) is 27.9. The highest BCUT2D eigenvalue weighted by molar-refractivity contribution is 7.88. The molecule has 0 aromatic carbocycles. The summed E-state index contributed by atoms with van der Waals surface area (Å²) in [6, 6.07) is -2.72. The maximum absolute atomic E-state index is 13.2. The fourth-order valence-corrected chi connectivity index (χ4v) is 4.56. The van der Waals surface area contributed by atoms with Crippen LogP contribution >= 0.6 is 0 Å². The van der Waals surface area contributed by atoms with Crippen LogP contribution in [-0.4, -0.2) is 72.0 Å². The zero-order valence-electron chi connectivity index (χ0n) is 21.2. The molecule has 1 aliphatic rings. The van der Waals surface area contributed by atoms with Crippen molar-refractivity contribution >= 4 is 27.6 Å². The number of amides is 2. The number of hydrogen-bond acceptors (Lipinski definition) is 8. The number of rotatable bonds is 9. The van der Waals surface area contributed by atoms with E-state index in [1.54, 1.807) is 27.7 Å². The smallest absolute Gasteiger partial charge is 0.286 e. The minimum absolute atomic E-state index is 0.180. The molecule has 0 unspecified atom stereocenters. The normalized spacial score (nSPS) is 18.9. The van der Waals surface area contributed by atoms with Gasteiger partial charge in [-0.1, -0.05) is 48.5 Å². The van der Waals surface area contributed by atoms with Gasteiger partial charge in [0.1, 0.15) is 12.1 Å². The molecule has 2 amide bonds. The summed E-state index contributed by atoms with van der Waals surface area (Å²) in [7, 11) is -3.63. The first-order valence-corrected chi connectivity index (χ1v) is 13.4. The predicted molar refractivity (Wildman–Crippen MR) is 125 cm³/mol. The van der Waals surface area contributed by atoms with Gasteiger partial charge in [0.2, 0.25) is 33.5 Å². The second-order valence-corrected chi connectivity index (χ2v) is 12.3. The number of likely N-dealkylation sites (tertiary alicyclic amines) is 1. The Bertz CT molecular complexity index is 1010. The standard InChI is InChI=1S/C22H37N5O6S/c1-12(2)15(17(28)19-24-25-21(33-19)22(5,6)7)23-18(29)14-10-9-11-27(14)20(30)16(13(3)4)26-34(8,31)32/h12-16,26H,9-11H2,1-8H3,(H,23,29)/t14-,15-,16-/m0/s1. The van der Waals surface area contributed by atoms with E-state index in [2.05, 4.69) is 20.2 Å². The molecule has 0 saturated carbocycles. The summed E-state index contributed by atoms with van der Waals surface area (Å²) in [6.45, 7) is 13.0. The van der Waals surface area contributed by atoms with Gasteiger partial charge < -0.3 is 14.6 Å². The molecule has 2 rings (SSSR count). The van der Waals surface area contributed by atoms with Crippen molar-refractivity contribution in [3.63, 3.8) is 0 Å². The van der Waals surface area contributed by atoms with E-state index in [4.69, 9.17) is 4.42 Å².